The van der Waals surface area contributed by atoms with Gasteiger partial charge in [0.05, 0.1) is 4.90 Å². The number of rotatable bonds is 4. The molecule has 3 rings (SSSR count). The molecule has 1 aliphatic heterocycles. The highest BCUT2D eigenvalue weighted by atomic mass is 32.2. The average Bonchev–Trinajstić information content (AvgIpc) is 2.84. The molecule has 1 unspecified atom stereocenters. The van der Waals surface area contributed by atoms with Crippen molar-refractivity contribution in [1.29, 1.82) is 0 Å². The highest BCUT2D eigenvalue weighted by molar-refractivity contribution is 7.89. The molecule has 1 heterocycles. The maximum atomic E-state index is 13.5. The van der Waals surface area contributed by atoms with Crippen molar-refractivity contribution < 1.29 is 8.42 Å². The topological polar surface area (TPSA) is 37.4 Å². The van der Waals surface area contributed by atoms with Crippen LogP contribution in [0.5, 0.6) is 0 Å². The molecule has 0 amide bonds. The highest BCUT2D eigenvalue weighted by Gasteiger charge is 2.36. The SMILES string of the molecule is Cc1ccc(S(=O)(=O)N2CCCC(C)(C)CC2C=Cc2ccc(C(C)(C)C)cc2)cc1. The van der Waals surface area contributed by atoms with E-state index in [0.29, 0.717) is 11.4 Å². The molecule has 0 N–H and O–H groups in total. The Bertz CT molecular complexity index is 1010. The molecule has 2 aromatic rings. The molecule has 168 valence electrons. The van der Waals surface area contributed by atoms with Crippen LogP contribution in [0.2, 0.25) is 0 Å². The fourth-order valence-electron chi connectivity index (χ4n) is 4.27. The maximum absolute atomic E-state index is 13.5. The average molecular weight is 440 g/mol. The van der Waals surface area contributed by atoms with Gasteiger partial charge in [-0.3, -0.25) is 0 Å². The van der Waals surface area contributed by atoms with Gasteiger partial charge in [-0.1, -0.05) is 88.7 Å². The van der Waals surface area contributed by atoms with E-state index in [0.717, 1.165) is 30.4 Å². The number of hydrogen-bond acceptors (Lipinski definition) is 2. The van der Waals surface area contributed by atoms with Gasteiger partial charge in [0, 0.05) is 12.6 Å². The summed E-state index contributed by atoms with van der Waals surface area (Å²) in [5.41, 5.74) is 3.67. The molecular weight excluding hydrogens is 402 g/mol. The summed E-state index contributed by atoms with van der Waals surface area (Å²) in [6.07, 6.45) is 6.88. The molecule has 0 radical (unpaired) electrons. The lowest BCUT2D eigenvalue weighted by atomic mass is 9.82. The Kier molecular flexibility index (Phi) is 6.83. The van der Waals surface area contributed by atoms with Crippen molar-refractivity contribution in [1.82, 2.24) is 4.31 Å². The summed E-state index contributed by atoms with van der Waals surface area (Å²) in [5, 5.41) is 0. The zero-order chi connectivity index (χ0) is 22.9. The third-order valence-corrected chi connectivity index (χ3v) is 8.22. The first-order chi connectivity index (χ1) is 14.4. The first-order valence-electron chi connectivity index (χ1n) is 11.3. The second-order valence-corrected chi connectivity index (χ2v) is 12.6. The van der Waals surface area contributed by atoms with E-state index in [9.17, 15) is 8.42 Å². The van der Waals surface area contributed by atoms with Gasteiger partial charge in [0.15, 0.2) is 0 Å². The van der Waals surface area contributed by atoms with E-state index in [1.165, 1.54) is 5.56 Å². The summed E-state index contributed by atoms with van der Waals surface area (Å²) in [5.74, 6) is 0. The van der Waals surface area contributed by atoms with E-state index >= 15 is 0 Å². The summed E-state index contributed by atoms with van der Waals surface area (Å²) >= 11 is 0. The molecule has 0 saturated carbocycles. The maximum Gasteiger partial charge on any atom is 0.243 e. The molecule has 4 heteroatoms. The lowest BCUT2D eigenvalue weighted by Gasteiger charge is -2.30. The van der Waals surface area contributed by atoms with Gasteiger partial charge in [-0.25, -0.2) is 8.42 Å². The van der Waals surface area contributed by atoms with Crippen molar-refractivity contribution in [2.75, 3.05) is 6.54 Å². The number of aryl methyl sites for hydroxylation is 1. The molecule has 1 fully saturated rings. The molecule has 1 aliphatic rings. The summed E-state index contributed by atoms with van der Waals surface area (Å²) in [7, 11) is -3.55. The second kappa shape index (κ2) is 8.91. The third-order valence-electron chi connectivity index (χ3n) is 6.28. The van der Waals surface area contributed by atoms with Crippen LogP contribution in [-0.2, 0) is 15.4 Å². The molecule has 0 bridgehead atoms. The number of nitrogens with zero attached hydrogens (tertiary/aromatic N) is 1. The van der Waals surface area contributed by atoms with E-state index < -0.39 is 10.0 Å². The zero-order valence-electron chi connectivity index (χ0n) is 19.9. The van der Waals surface area contributed by atoms with Crippen molar-refractivity contribution in [3.05, 3.63) is 71.3 Å². The van der Waals surface area contributed by atoms with Gasteiger partial charge in [0.25, 0.3) is 0 Å². The lowest BCUT2D eigenvalue weighted by Crippen LogP contribution is -2.39. The molecule has 3 nitrogen and oxygen atoms in total. The Morgan fingerprint density at radius 2 is 1.61 bits per heavy atom. The number of sulfonamides is 1. The molecule has 2 aromatic carbocycles. The number of benzene rings is 2. The lowest BCUT2D eigenvalue weighted by molar-refractivity contribution is 0.282. The predicted molar refractivity (Wildman–Crippen MR) is 131 cm³/mol. The Hall–Kier alpha value is -1.91. The van der Waals surface area contributed by atoms with Crippen LogP contribution >= 0.6 is 0 Å². The van der Waals surface area contributed by atoms with Gasteiger partial charge in [0.1, 0.15) is 0 Å². The van der Waals surface area contributed by atoms with Gasteiger partial charge in [-0.15, -0.1) is 0 Å². The van der Waals surface area contributed by atoms with E-state index in [4.69, 9.17) is 0 Å². The first-order valence-corrected chi connectivity index (χ1v) is 12.7. The van der Waals surface area contributed by atoms with Crippen LogP contribution in [0.3, 0.4) is 0 Å². The largest absolute Gasteiger partial charge is 0.243 e. The smallest absolute Gasteiger partial charge is 0.207 e. The van der Waals surface area contributed by atoms with Crippen LogP contribution in [0, 0.1) is 12.3 Å². The summed E-state index contributed by atoms with van der Waals surface area (Å²) in [4.78, 5) is 0.380. The van der Waals surface area contributed by atoms with E-state index in [-0.39, 0.29) is 16.9 Å². The number of hydrogen-bond donors (Lipinski definition) is 0. The van der Waals surface area contributed by atoms with Crippen molar-refractivity contribution >= 4 is 16.1 Å². The van der Waals surface area contributed by atoms with Crippen LogP contribution in [0.1, 0.15) is 70.6 Å². The molecular formula is C27H37NO2S. The van der Waals surface area contributed by atoms with Gasteiger partial charge >= 0.3 is 0 Å². The minimum Gasteiger partial charge on any atom is -0.207 e. The minimum atomic E-state index is -3.55. The van der Waals surface area contributed by atoms with Crippen LogP contribution in [0.15, 0.2) is 59.5 Å². The van der Waals surface area contributed by atoms with E-state index in [1.54, 1.807) is 16.4 Å². The third kappa shape index (κ3) is 5.87. The van der Waals surface area contributed by atoms with Crippen molar-refractivity contribution in [3.63, 3.8) is 0 Å². The minimum absolute atomic E-state index is 0.0998. The molecule has 1 atom stereocenters. The van der Waals surface area contributed by atoms with Crippen molar-refractivity contribution in [2.45, 2.75) is 77.2 Å². The summed E-state index contributed by atoms with van der Waals surface area (Å²) in [6.45, 7) is 13.6. The van der Waals surface area contributed by atoms with Crippen LogP contribution in [-0.4, -0.2) is 25.3 Å². The van der Waals surface area contributed by atoms with E-state index in [1.807, 2.05) is 19.1 Å². The second-order valence-electron chi connectivity index (χ2n) is 10.7. The van der Waals surface area contributed by atoms with Crippen molar-refractivity contribution in [2.24, 2.45) is 5.41 Å². The predicted octanol–water partition coefficient (Wildman–Crippen LogP) is 6.58. The Morgan fingerprint density at radius 1 is 1.00 bits per heavy atom. The Labute approximate surface area is 189 Å². The monoisotopic (exact) mass is 439 g/mol. The van der Waals surface area contributed by atoms with Crippen LogP contribution in [0.25, 0.3) is 6.08 Å². The normalized spacial score (nSPS) is 20.6. The fourth-order valence-corrected chi connectivity index (χ4v) is 5.90. The molecule has 31 heavy (non-hydrogen) atoms. The highest BCUT2D eigenvalue weighted by Crippen LogP contribution is 2.36. The van der Waals surface area contributed by atoms with Gasteiger partial charge in [-0.05, 0) is 60.3 Å². The molecule has 1 saturated heterocycles. The Morgan fingerprint density at radius 3 is 2.19 bits per heavy atom. The van der Waals surface area contributed by atoms with Gasteiger partial charge < -0.3 is 0 Å². The fraction of sp³-hybridized carbons (Fsp3) is 0.481. The standard InChI is InChI=1S/C27H37NO2S/c1-21-8-16-25(17-9-21)31(29,30)28-19-7-18-27(5,6)20-24(28)15-12-22-10-13-23(14-11-22)26(2,3)4/h8-17,24H,7,18-20H2,1-6H3. The zero-order valence-corrected chi connectivity index (χ0v) is 20.7. The molecule has 0 aliphatic carbocycles. The van der Waals surface area contributed by atoms with E-state index in [2.05, 4.69) is 71.0 Å². The first kappa shape index (κ1) is 23.7. The molecule has 0 aromatic heterocycles. The van der Waals surface area contributed by atoms with Gasteiger partial charge in [0.2, 0.25) is 10.0 Å². The quantitative estimate of drug-likeness (QED) is 0.540. The molecule has 0 spiro atoms. The Balaban J connectivity index is 1.92. The van der Waals surface area contributed by atoms with Gasteiger partial charge in [-0.2, -0.15) is 4.31 Å². The van der Waals surface area contributed by atoms with Crippen molar-refractivity contribution in [3.8, 4) is 0 Å². The summed E-state index contributed by atoms with van der Waals surface area (Å²) in [6, 6.07) is 15.6. The van der Waals surface area contributed by atoms with Crippen LogP contribution < -0.4 is 0 Å². The van der Waals surface area contributed by atoms with Crippen LogP contribution in [0.4, 0.5) is 0 Å². The summed E-state index contributed by atoms with van der Waals surface area (Å²) < 4.78 is 28.8.